The number of hydrogen-bond acceptors (Lipinski definition) is 5. The van der Waals surface area contributed by atoms with Crippen molar-refractivity contribution in [1.82, 2.24) is 0 Å². The van der Waals surface area contributed by atoms with Gasteiger partial charge in [0.2, 0.25) is 0 Å². The molecule has 0 heterocycles. The van der Waals surface area contributed by atoms with Crippen LogP contribution in [0.2, 0.25) is 0 Å². The normalized spacial score (nSPS) is 10.8. The Labute approximate surface area is 109 Å². The fourth-order valence-corrected chi connectivity index (χ4v) is 1.40. The zero-order chi connectivity index (χ0) is 14.0. The molecule has 0 spiro atoms. The second-order valence-electron chi connectivity index (χ2n) is 3.60. The second-order valence-corrected chi connectivity index (χ2v) is 4.19. The topological polar surface area (TPSA) is 97.1 Å². The number of hydrogen-bond donors (Lipinski definition) is 2. The van der Waals surface area contributed by atoms with Gasteiger partial charge < -0.3 is 20.2 Å². The Bertz CT molecular complexity index is 345. The lowest BCUT2D eigenvalue weighted by molar-refractivity contribution is -0.910. The van der Waals surface area contributed by atoms with Gasteiger partial charge in [-0.15, -0.1) is 0 Å². The molecule has 0 saturated carbocycles. The molecule has 0 aromatic heterocycles. The number of aromatic hydroxyl groups is 1. The van der Waals surface area contributed by atoms with Crippen molar-refractivity contribution in [1.29, 1.82) is 0 Å². The van der Waals surface area contributed by atoms with Gasteiger partial charge in [-0.05, 0) is 42.7 Å². The predicted octanol–water partition coefficient (Wildman–Crippen LogP) is -0.641. The lowest BCUT2D eigenvalue weighted by atomic mass is 10.2. The summed E-state index contributed by atoms with van der Waals surface area (Å²) in [5, 5.41) is 17.6. The summed E-state index contributed by atoms with van der Waals surface area (Å²) >= 11 is 0. The molecule has 1 rings (SSSR count). The average molecular weight is 277 g/mol. The molecular formula is C11H20NO5P. The zero-order valence-corrected chi connectivity index (χ0v) is 11.4. The minimum atomic E-state index is -3.15. The van der Waals surface area contributed by atoms with Crippen molar-refractivity contribution in [2.75, 3.05) is 13.1 Å². The molecular weight excluding hydrogens is 257 g/mol. The summed E-state index contributed by atoms with van der Waals surface area (Å²) in [6, 6.07) is 7.47. The highest BCUT2D eigenvalue weighted by atomic mass is 31.1. The number of benzene rings is 1. The van der Waals surface area contributed by atoms with Crippen LogP contribution in [0, 0.1) is 0 Å². The van der Waals surface area contributed by atoms with Gasteiger partial charge in [0.15, 0.2) is 0 Å². The van der Waals surface area contributed by atoms with Crippen molar-refractivity contribution in [3.05, 3.63) is 29.8 Å². The predicted molar refractivity (Wildman–Crippen MR) is 64.7 cm³/mol. The number of nitrogens with one attached hydrogen (secondary N) is 1. The van der Waals surface area contributed by atoms with E-state index in [0.29, 0.717) is 5.75 Å². The van der Waals surface area contributed by atoms with Crippen LogP contribution in [0.15, 0.2) is 24.3 Å². The lowest BCUT2D eigenvalue weighted by Crippen LogP contribution is -3.10. The van der Waals surface area contributed by atoms with Gasteiger partial charge in [0, 0.05) is 6.99 Å². The molecule has 0 aliphatic heterocycles. The van der Waals surface area contributed by atoms with Crippen molar-refractivity contribution in [2.45, 2.75) is 20.4 Å². The van der Waals surface area contributed by atoms with Crippen LogP contribution in [0.4, 0.5) is 0 Å². The second kappa shape index (κ2) is 9.94. The van der Waals surface area contributed by atoms with Crippen LogP contribution in [0.3, 0.4) is 0 Å². The summed E-state index contributed by atoms with van der Waals surface area (Å²) < 4.78 is 11.3. The number of phenols is 1. The van der Waals surface area contributed by atoms with E-state index in [-0.39, 0.29) is 1.43 Å². The van der Waals surface area contributed by atoms with Gasteiger partial charge in [-0.2, -0.15) is 0 Å². The van der Waals surface area contributed by atoms with Gasteiger partial charge in [-0.3, -0.25) is 0 Å². The molecule has 0 saturated heterocycles. The molecule has 0 radical (unpaired) electrons. The summed E-state index contributed by atoms with van der Waals surface area (Å²) in [5.41, 5.74) is 1.29. The van der Waals surface area contributed by atoms with E-state index in [1.54, 1.807) is 17.0 Å². The summed E-state index contributed by atoms with van der Waals surface area (Å²) in [5.74, 6) is 0.346. The SMILES string of the molecule is CC[NH+](CC)Cc1ccc(O)cc1.O=[P+]([O-])O[O-].[HH]. The van der Waals surface area contributed by atoms with E-state index in [0.717, 1.165) is 19.6 Å². The smallest absolute Gasteiger partial charge is 0.479 e. The third kappa shape index (κ3) is 8.11. The Kier molecular flexibility index (Phi) is 9.36. The van der Waals surface area contributed by atoms with Crippen LogP contribution in [0.5, 0.6) is 5.75 Å². The third-order valence-corrected chi connectivity index (χ3v) is 2.57. The van der Waals surface area contributed by atoms with Crippen molar-refractivity contribution in [3.8, 4) is 5.75 Å². The quantitative estimate of drug-likeness (QED) is 0.424. The molecule has 6 nitrogen and oxygen atoms in total. The molecule has 1 unspecified atom stereocenters. The van der Waals surface area contributed by atoms with Crippen LogP contribution >= 0.6 is 8.25 Å². The number of quaternary nitrogens is 1. The molecule has 0 aliphatic rings. The van der Waals surface area contributed by atoms with Crippen LogP contribution in [-0.2, 0) is 15.8 Å². The minimum Gasteiger partial charge on any atom is -0.674 e. The van der Waals surface area contributed by atoms with Crippen molar-refractivity contribution in [3.63, 3.8) is 0 Å². The average Bonchev–Trinajstić information content (AvgIpc) is 2.38. The first kappa shape index (κ1) is 17.0. The van der Waals surface area contributed by atoms with Crippen LogP contribution in [0.25, 0.3) is 0 Å². The van der Waals surface area contributed by atoms with Gasteiger partial charge in [0.05, 0.1) is 13.1 Å². The van der Waals surface area contributed by atoms with Gasteiger partial charge in [0.25, 0.3) is 0 Å². The maximum atomic E-state index is 9.10. The molecule has 2 N–H and O–H groups in total. The lowest BCUT2D eigenvalue weighted by Gasteiger charge is -2.14. The Hall–Kier alpha value is -1.04. The van der Waals surface area contributed by atoms with E-state index in [4.69, 9.17) is 19.8 Å². The van der Waals surface area contributed by atoms with Gasteiger partial charge in [-0.1, -0.05) is 0 Å². The van der Waals surface area contributed by atoms with Crippen LogP contribution in [-0.4, -0.2) is 18.2 Å². The molecule has 7 heteroatoms. The van der Waals surface area contributed by atoms with E-state index < -0.39 is 8.25 Å². The maximum Gasteiger partial charge on any atom is 0.479 e. The standard InChI is InChI=1S/C11H17NO.HO4P.H2/c1-3-12(4-2)9-10-5-7-11(13)8-6-10;1-4-5(2)3;/h5-8,13H,3-4,9H2,1-2H3;1H;1H. The van der Waals surface area contributed by atoms with Gasteiger partial charge in [-0.25, -0.2) is 4.67 Å². The Morgan fingerprint density at radius 1 is 1.33 bits per heavy atom. The molecule has 0 bridgehead atoms. The third-order valence-electron chi connectivity index (χ3n) is 2.45. The number of phenolic OH excluding ortho intramolecular Hbond substituents is 1. The minimum absolute atomic E-state index is 0. The molecule has 18 heavy (non-hydrogen) atoms. The fraction of sp³-hybridized carbons (Fsp3) is 0.455. The van der Waals surface area contributed by atoms with E-state index in [1.807, 2.05) is 12.1 Å². The molecule has 104 valence electrons. The Morgan fingerprint density at radius 2 is 1.78 bits per heavy atom. The van der Waals surface area contributed by atoms with Crippen molar-refractivity contribution < 1.29 is 30.8 Å². The van der Waals surface area contributed by atoms with E-state index in [9.17, 15) is 0 Å². The summed E-state index contributed by atoms with van der Waals surface area (Å²) in [6.07, 6.45) is 0. The van der Waals surface area contributed by atoms with Gasteiger partial charge >= 0.3 is 8.25 Å². The van der Waals surface area contributed by atoms with E-state index in [2.05, 4.69) is 18.5 Å². The highest BCUT2D eigenvalue weighted by Crippen LogP contribution is 2.08. The van der Waals surface area contributed by atoms with Crippen molar-refractivity contribution in [2.24, 2.45) is 0 Å². The first-order valence-corrected chi connectivity index (χ1v) is 6.68. The molecule has 1 aromatic rings. The molecule has 1 atom stereocenters. The Morgan fingerprint density at radius 3 is 2.11 bits per heavy atom. The molecule has 0 amide bonds. The number of rotatable bonds is 5. The molecule has 0 fully saturated rings. The fourth-order valence-electron chi connectivity index (χ4n) is 1.40. The van der Waals surface area contributed by atoms with Crippen molar-refractivity contribution >= 4 is 8.25 Å². The molecule has 0 aliphatic carbocycles. The highest BCUT2D eigenvalue weighted by molar-refractivity contribution is 7.30. The van der Waals surface area contributed by atoms with E-state index in [1.165, 1.54) is 5.56 Å². The summed E-state index contributed by atoms with van der Waals surface area (Å²) in [7, 11) is -3.15. The van der Waals surface area contributed by atoms with Gasteiger partial charge in [0.1, 0.15) is 12.3 Å². The highest BCUT2D eigenvalue weighted by Gasteiger charge is 2.03. The maximum absolute atomic E-state index is 9.10. The largest absolute Gasteiger partial charge is 0.674 e. The van der Waals surface area contributed by atoms with E-state index >= 15 is 0 Å². The van der Waals surface area contributed by atoms with Crippen LogP contribution < -0.4 is 15.1 Å². The first-order valence-electron chi connectivity index (χ1n) is 5.59. The zero-order valence-electron chi connectivity index (χ0n) is 10.5. The Balaban J connectivity index is 0. The molecule has 1 aromatic carbocycles. The monoisotopic (exact) mass is 277 g/mol. The first-order chi connectivity index (χ1) is 8.53. The summed E-state index contributed by atoms with van der Waals surface area (Å²) in [6.45, 7) is 7.74. The van der Waals surface area contributed by atoms with Crippen LogP contribution in [0.1, 0.15) is 20.8 Å². The summed E-state index contributed by atoms with van der Waals surface area (Å²) in [4.78, 5) is 10.4.